The van der Waals surface area contributed by atoms with Crippen molar-refractivity contribution in [1.29, 1.82) is 0 Å². The SMILES string of the molecule is CCC(=O)N1CCCC(C)(c2cn3cccc3c(NC)n2)C1. The highest BCUT2D eigenvalue weighted by molar-refractivity contribution is 5.76. The van der Waals surface area contributed by atoms with Crippen molar-refractivity contribution in [3.63, 3.8) is 0 Å². The van der Waals surface area contributed by atoms with E-state index in [9.17, 15) is 4.79 Å². The Morgan fingerprint density at radius 1 is 1.50 bits per heavy atom. The van der Waals surface area contributed by atoms with E-state index in [0.717, 1.165) is 43.0 Å². The van der Waals surface area contributed by atoms with Gasteiger partial charge in [0.2, 0.25) is 5.91 Å². The minimum absolute atomic E-state index is 0.0901. The zero-order chi connectivity index (χ0) is 15.7. The Morgan fingerprint density at radius 2 is 2.32 bits per heavy atom. The van der Waals surface area contributed by atoms with E-state index in [2.05, 4.69) is 28.9 Å². The molecule has 0 radical (unpaired) electrons. The topological polar surface area (TPSA) is 49.6 Å². The molecule has 3 heterocycles. The lowest BCUT2D eigenvalue weighted by Gasteiger charge is -2.40. The lowest BCUT2D eigenvalue weighted by molar-refractivity contribution is -0.133. The number of nitrogens with zero attached hydrogens (tertiary/aromatic N) is 3. The van der Waals surface area contributed by atoms with Gasteiger partial charge >= 0.3 is 0 Å². The molecule has 1 N–H and O–H groups in total. The van der Waals surface area contributed by atoms with Crippen molar-refractivity contribution in [2.45, 2.75) is 38.5 Å². The fraction of sp³-hybridized carbons (Fsp3) is 0.529. The van der Waals surface area contributed by atoms with Crippen LogP contribution in [0.2, 0.25) is 0 Å². The Balaban J connectivity index is 1.99. The van der Waals surface area contributed by atoms with Gasteiger partial charge in [0.25, 0.3) is 0 Å². The average Bonchev–Trinajstić information content (AvgIpc) is 3.01. The number of hydrogen-bond acceptors (Lipinski definition) is 3. The summed E-state index contributed by atoms with van der Waals surface area (Å²) in [5.41, 5.74) is 2.04. The molecule has 1 aliphatic rings. The van der Waals surface area contributed by atoms with Crippen molar-refractivity contribution in [3.8, 4) is 0 Å². The Labute approximate surface area is 131 Å². The first-order chi connectivity index (χ1) is 10.6. The molecule has 1 saturated heterocycles. The van der Waals surface area contributed by atoms with E-state index >= 15 is 0 Å². The number of likely N-dealkylation sites (tertiary alicyclic amines) is 1. The molecule has 0 aromatic carbocycles. The maximum atomic E-state index is 12.1. The van der Waals surface area contributed by atoms with Crippen LogP contribution in [-0.2, 0) is 10.2 Å². The van der Waals surface area contributed by atoms with Crippen molar-refractivity contribution < 1.29 is 4.79 Å². The number of carbonyl (C=O) groups is 1. The van der Waals surface area contributed by atoms with Gasteiger partial charge in [0.1, 0.15) is 5.82 Å². The molecule has 118 valence electrons. The maximum absolute atomic E-state index is 12.1. The van der Waals surface area contributed by atoms with Gasteiger partial charge in [0, 0.05) is 44.4 Å². The molecule has 1 amide bonds. The van der Waals surface area contributed by atoms with E-state index in [1.807, 2.05) is 31.1 Å². The zero-order valence-corrected chi connectivity index (χ0v) is 13.6. The van der Waals surface area contributed by atoms with Crippen LogP contribution in [0.4, 0.5) is 5.82 Å². The first-order valence-electron chi connectivity index (χ1n) is 8.01. The smallest absolute Gasteiger partial charge is 0.222 e. The van der Waals surface area contributed by atoms with Crippen LogP contribution in [0.25, 0.3) is 5.52 Å². The molecule has 22 heavy (non-hydrogen) atoms. The molecule has 3 rings (SSSR count). The lowest BCUT2D eigenvalue weighted by atomic mass is 9.79. The van der Waals surface area contributed by atoms with Gasteiger partial charge < -0.3 is 14.6 Å². The third kappa shape index (κ3) is 2.45. The van der Waals surface area contributed by atoms with Crippen LogP contribution in [0, 0.1) is 0 Å². The molecule has 0 spiro atoms. The third-order valence-corrected chi connectivity index (χ3v) is 4.72. The first kappa shape index (κ1) is 14.9. The van der Waals surface area contributed by atoms with Crippen molar-refractivity contribution >= 4 is 17.2 Å². The summed E-state index contributed by atoms with van der Waals surface area (Å²) in [4.78, 5) is 18.9. The molecular formula is C17H24N4O. The second kappa shape index (κ2) is 5.63. The number of hydrogen-bond donors (Lipinski definition) is 1. The quantitative estimate of drug-likeness (QED) is 0.948. The molecule has 5 nitrogen and oxygen atoms in total. The summed E-state index contributed by atoms with van der Waals surface area (Å²) in [6.45, 7) is 5.77. The van der Waals surface area contributed by atoms with Gasteiger partial charge in [-0.2, -0.15) is 0 Å². The summed E-state index contributed by atoms with van der Waals surface area (Å²) < 4.78 is 2.11. The Kier molecular flexibility index (Phi) is 3.81. The Bertz CT molecular complexity index is 693. The van der Waals surface area contributed by atoms with E-state index in [4.69, 9.17) is 4.98 Å². The Hall–Kier alpha value is -2.04. The van der Waals surface area contributed by atoms with E-state index in [1.165, 1.54) is 0 Å². The second-order valence-electron chi connectivity index (χ2n) is 6.36. The summed E-state index contributed by atoms with van der Waals surface area (Å²) >= 11 is 0. The van der Waals surface area contributed by atoms with Crippen LogP contribution in [0.15, 0.2) is 24.5 Å². The number of piperidine rings is 1. The van der Waals surface area contributed by atoms with Crippen LogP contribution in [-0.4, -0.2) is 40.3 Å². The van der Waals surface area contributed by atoms with Gasteiger partial charge in [0.15, 0.2) is 0 Å². The normalized spacial score (nSPS) is 22.0. The molecule has 2 aromatic rings. The molecule has 2 aromatic heterocycles. The van der Waals surface area contributed by atoms with Crippen molar-refractivity contribution in [2.24, 2.45) is 0 Å². The van der Waals surface area contributed by atoms with Gasteiger partial charge in [-0.15, -0.1) is 0 Å². The van der Waals surface area contributed by atoms with Gasteiger partial charge in [-0.25, -0.2) is 4.98 Å². The van der Waals surface area contributed by atoms with Crippen molar-refractivity contribution in [1.82, 2.24) is 14.3 Å². The Morgan fingerprint density at radius 3 is 3.05 bits per heavy atom. The molecule has 0 bridgehead atoms. The fourth-order valence-electron chi connectivity index (χ4n) is 3.41. The highest BCUT2D eigenvalue weighted by Crippen LogP contribution is 2.34. The molecule has 0 aliphatic carbocycles. The first-order valence-corrected chi connectivity index (χ1v) is 8.01. The van der Waals surface area contributed by atoms with Crippen LogP contribution in [0.5, 0.6) is 0 Å². The molecular weight excluding hydrogens is 276 g/mol. The summed E-state index contributed by atoms with van der Waals surface area (Å²) in [6.07, 6.45) is 6.81. The standard InChI is InChI=1S/C17H24N4O/c1-4-15(22)21-10-6-8-17(2,12-21)14-11-20-9-5-7-13(20)16(18-3)19-14/h5,7,9,11H,4,6,8,10,12H2,1-3H3,(H,18,19). The molecule has 1 unspecified atom stereocenters. The number of carbonyl (C=O) groups excluding carboxylic acids is 1. The summed E-state index contributed by atoms with van der Waals surface area (Å²) in [6, 6.07) is 4.08. The highest BCUT2D eigenvalue weighted by atomic mass is 16.2. The maximum Gasteiger partial charge on any atom is 0.222 e. The summed E-state index contributed by atoms with van der Waals surface area (Å²) in [5.74, 6) is 1.13. The van der Waals surface area contributed by atoms with E-state index in [0.29, 0.717) is 6.42 Å². The highest BCUT2D eigenvalue weighted by Gasteiger charge is 2.36. The van der Waals surface area contributed by atoms with E-state index < -0.39 is 0 Å². The molecule has 0 saturated carbocycles. The number of fused-ring (bicyclic) bond motifs is 1. The number of anilines is 1. The van der Waals surface area contributed by atoms with Gasteiger partial charge in [-0.3, -0.25) is 4.79 Å². The zero-order valence-electron chi connectivity index (χ0n) is 13.6. The summed E-state index contributed by atoms with van der Waals surface area (Å²) in [5, 5.41) is 3.19. The molecule has 1 aliphatic heterocycles. The largest absolute Gasteiger partial charge is 0.371 e. The van der Waals surface area contributed by atoms with E-state index in [1.54, 1.807) is 0 Å². The van der Waals surface area contributed by atoms with Gasteiger partial charge in [-0.1, -0.05) is 13.8 Å². The average molecular weight is 300 g/mol. The van der Waals surface area contributed by atoms with Crippen molar-refractivity contribution in [2.75, 3.05) is 25.5 Å². The predicted octanol–water partition coefficient (Wildman–Crippen LogP) is 2.67. The number of aromatic nitrogens is 2. The molecule has 5 heteroatoms. The van der Waals surface area contributed by atoms with Crippen LogP contribution >= 0.6 is 0 Å². The monoisotopic (exact) mass is 300 g/mol. The van der Waals surface area contributed by atoms with Crippen molar-refractivity contribution in [3.05, 3.63) is 30.2 Å². The molecule has 1 fully saturated rings. The third-order valence-electron chi connectivity index (χ3n) is 4.72. The second-order valence-corrected chi connectivity index (χ2v) is 6.36. The lowest BCUT2D eigenvalue weighted by Crippen LogP contribution is -2.47. The van der Waals surface area contributed by atoms with E-state index in [-0.39, 0.29) is 11.3 Å². The molecule has 1 atom stereocenters. The predicted molar refractivity (Wildman–Crippen MR) is 88.2 cm³/mol. The van der Waals surface area contributed by atoms with Crippen LogP contribution in [0.3, 0.4) is 0 Å². The van der Waals surface area contributed by atoms with Gasteiger partial charge in [0.05, 0.1) is 11.2 Å². The minimum atomic E-state index is -0.0901. The van der Waals surface area contributed by atoms with Crippen LogP contribution in [0.1, 0.15) is 38.8 Å². The number of rotatable bonds is 3. The number of amides is 1. The van der Waals surface area contributed by atoms with Gasteiger partial charge in [-0.05, 0) is 25.0 Å². The fourth-order valence-corrected chi connectivity index (χ4v) is 3.41. The number of nitrogens with one attached hydrogen (secondary N) is 1. The van der Waals surface area contributed by atoms with Crippen LogP contribution < -0.4 is 5.32 Å². The summed E-state index contributed by atoms with van der Waals surface area (Å²) in [7, 11) is 1.90. The minimum Gasteiger partial charge on any atom is -0.371 e.